The monoisotopic (exact) mass is 359 g/mol. The molecular formula is C15H12Cl3NOS. The van der Waals surface area contributed by atoms with E-state index in [0.717, 1.165) is 29.5 Å². The van der Waals surface area contributed by atoms with Crippen molar-refractivity contribution in [3.63, 3.8) is 0 Å². The molecule has 0 saturated heterocycles. The summed E-state index contributed by atoms with van der Waals surface area (Å²) in [6, 6.07) is 7.57. The third-order valence-electron chi connectivity index (χ3n) is 3.54. The van der Waals surface area contributed by atoms with Crippen LogP contribution in [0.5, 0.6) is 0 Å². The van der Waals surface area contributed by atoms with Gasteiger partial charge in [0.2, 0.25) is 0 Å². The number of carbonyl (C=O) groups is 1. The van der Waals surface area contributed by atoms with Gasteiger partial charge in [0.25, 0.3) is 5.91 Å². The first-order valence-electron chi connectivity index (χ1n) is 6.56. The SMILES string of the molecule is O=C1NCCCc2ccc(C(Cl)c3cc(Cl)sc3Cl)cc21. The van der Waals surface area contributed by atoms with Crippen LogP contribution in [0.1, 0.15) is 38.8 Å². The second-order valence-electron chi connectivity index (χ2n) is 4.92. The molecule has 2 aromatic rings. The number of rotatable bonds is 2. The number of hydrogen-bond donors (Lipinski definition) is 1. The normalized spacial score (nSPS) is 16.0. The van der Waals surface area contributed by atoms with Crippen LogP contribution < -0.4 is 5.32 Å². The summed E-state index contributed by atoms with van der Waals surface area (Å²) in [7, 11) is 0. The van der Waals surface area contributed by atoms with E-state index in [1.807, 2.05) is 18.2 Å². The highest BCUT2D eigenvalue weighted by molar-refractivity contribution is 7.20. The quantitative estimate of drug-likeness (QED) is 0.745. The highest BCUT2D eigenvalue weighted by Crippen LogP contribution is 2.41. The lowest BCUT2D eigenvalue weighted by Gasteiger charge is -2.12. The fourth-order valence-electron chi connectivity index (χ4n) is 2.46. The Morgan fingerprint density at radius 2 is 2.05 bits per heavy atom. The molecule has 0 saturated carbocycles. The smallest absolute Gasteiger partial charge is 0.251 e. The van der Waals surface area contributed by atoms with Crippen LogP contribution >= 0.6 is 46.1 Å². The summed E-state index contributed by atoms with van der Waals surface area (Å²) in [5, 5.41) is 2.48. The molecule has 6 heteroatoms. The number of hydrogen-bond acceptors (Lipinski definition) is 2. The first kappa shape index (κ1) is 15.2. The van der Waals surface area contributed by atoms with Crippen molar-refractivity contribution in [2.24, 2.45) is 0 Å². The Hall–Kier alpha value is -0.740. The zero-order chi connectivity index (χ0) is 15.0. The Morgan fingerprint density at radius 1 is 1.24 bits per heavy atom. The third kappa shape index (κ3) is 3.07. The standard InChI is InChI=1S/C15H12Cl3NOS/c16-12-7-11(14(18)21-12)13(17)9-4-3-8-2-1-5-19-15(20)10(8)6-9/h3-4,6-7,13H,1-2,5H2,(H,19,20). The number of thiophene rings is 1. The number of amides is 1. The van der Waals surface area contributed by atoms with E-state index in [0.29, 0.717) is 20.8 Å². The molecule has 1 aromatic carbocycles. The maximum absolute atomic E-state index is 12.1. The molecule has 0 spiro atoms. The molecule has 1 aliphatic rings. The third-order valence-corrected chi connectivity index (χ3v) is 5.54. The van der Waals surface area contributed by atoms with Crippen LogP contribution in [0.3, 0.4) is 0 Å². The van der Waals surface area contributed by atoms with E-state index in [2.05, 4.69) is 5.32 Å². The summed E-state index contributed by atoms with van der Waals surface area (Å²) in [6.45, 7) is 0.707. The van der Waals surface area contributed by atoms with Gasteiger partial charge in [-0.2, -0.15) is 0 Å². The van der Waals surface area contributed by atoms with Crippen LogP contribution in [0, 0.1) is 0 Å². The molecule has 1 aliphatic heterocycles. The van der Waals surface area contributed by atoms with Gasteiger partial charge < -0.3 is 5.32 Å². The first-order chi connectivity index (χ1) is 10.1. The second kappa shape index (κ2) is 6.17. The van der Waals surface area contributed by atoms with Gasteiger partial charge in [-0.15, -0.1) is 22.9 Å². The zero-order valence-corrected chi connectivity index (χ0v) is 14.0. The molecule has 0 fully saturated rings. The van der Waals surface area contributed by atoms with Crippen LogP contribution in [0.15, 0.2) is 24.3 Å². The molecule has 1 unspecified atom stereocenters. The highest BCUT2D eigenvalue weighted by atomic mass is 35.5. The predicted molar refractivity (Wildman–Crippen MR) is 89.1 cm³/mol. The molecule has 1 atom stereocenters. The van der Waals surface area contributed by atoms with Crippen molar-refractivity contribution in [3.05, 3.63) is 55.2 Å². The van der Waals surface area contributed by atoms with Crippen molar-refractivity contribution in [2.75, 3.05) is 6.54 Å². The van der Waals surface area contributed by atoms with E-state index >= 15 is 0 Å². The average Bonchev–Trinajstić information content (AvgIpc) is 2.69. The molecule has 1 N–H and O–H groups in total. The number of carbonyl (C=O) groups excluding carboxylic acids is 1. The molecule has 1 aromatic heterocycles. The first-order valence-corrected chi connectivity index (χ1v) is 8.57. The molecule has 2 heterocycles. The number of halogens is 3. The summed E-state index contributed by atoms with van der Waals surface area (Å²) in [5.41, 5.74) is 3.39. The van der Waals surface area contributed by atoms with Gasteiger partial charge in [0.15, 0.2) is 0 Å². The van der Waals surface area contributed by atoms with Crippen molar-refractivity contribution in [1.82, 2.24) is 5.32 Å². The summed E-state index contributed by atoms with van der Waals surface area (Å²) < 4.78 is 1.19. The highest BCUT2D eigenvalue weighted by Gasteiger charge is 2.21. The molecule has 1 amide bonds. The topological polar surface area (TPSA) is 29.1 Å². The molecule has 2 nitrogen and oxygen atoms in total. The van der Waals surface area contributed by atoms with Crippen molar-refractivity contribution in [3.8, 4) is 0 Å². The summed E-state index contributed by atoms with van der Waals surface area (Å²) >= 11 is 19.9. The molecule has 21 heavy (non-hydrogen) atoms. The van der Waals surface area contributed by atoms with Crippen molar-refractivity contribution in [1.29, 1.82) is 0 Å². The molecular weight excluding hydrogens is 349 g/mol. The van der Waals surface area contributed by atoms with Gasteiger partial charge in [-0.05, 0) is 36.1 Å². The number of fused-ring (bicyclic) bond motifs is 1. The van der Waals surface area contributed by atoms with Crippen molar-refractivity contribution in [2.45, 2.75) is 18.2 Å². The van der Waals surface area contributed by atoms with E-state index in [9.17, 15) is 4.79 Å². The molecule has 0 radical (unpaired) electrons. The van der Waals surface area contributed by atoms with Crippen molar-refractivity contribution >= 4 is 52.0 Å². The van der Waals surface area contributed by atoms with E-state index in [4.69, 9.17) is 34.8 Å². The van der Waals surface area contributed by atoms with Crippen LogP contribution in [0.2, 0.25) is 8.67 Å². The fraction of sp³-hybridized carbons (Fsp3) is 0.267. The Labute approximate surface area is 142 Å². The lowest BCUT2D eigenvalue weighted by molar-refractivity contribution is 0.0956. The maximum Gasteiger partial charge on any atom is 0.251 e. The molecule has 0 aliphatic carbocycles. The Morgan fingerprint density at radius 3 is 2.76 bits per heavy atom. The zero-order valence-electron chi connectivity index (χ0n) is 11.0. The van der Waals surface area contributed by atoms with Gasteiger partial charge in [0.05, 0.1) is 14.0 Å². The Balaban J connectivity index is 2.00. The Bertz CT molecular complexity index is 698. The number of benzene rings is 1. The average molecular weight is 361 g/mol. The van der Waals surface area contributed by atoms with Crippen LogP contribution in [-0.4, -0.2) is 12.5 Å². The molecule has 0 bridgehead atoms. The lowest BCUT2D eigenvalue weighted by atomic mass is 9.98. The van der Waals surface area contributed by atoms with Crippen LogP contribution in [-0.2, 0) is 6.42 Å². The van der Waals surface area contributed by atoms with E-state index in [1.54, 1.807) is 6.07 Å². The minimum Gasteiger partial charge on any atom is -0.352 e. The van der Waals surface area contributed by atoms with Gasteiger partial charge in [0, 0.05) is 17.7 Å². The minimum atomic E-state index is -0.414. The summed E-state index contributed by atoms with van der Waals surface area (Å²) in [6.07, 6.45) is 1.85. The largest absolute Gasteiger partial charge is 0.352 e. The number of nitrogens with one attached hydrogen (secondary N) is 1. The summed E-state index contributed by atoms with van der Waals surface area (Å²) in [4.78, 5) is 12.1. The number of aryl methyl sites for hydroxylation is 1. The maximum atomic E-state index is 12.1. The second-order valence-corrected chi connectivity index (χ2v) is 7.64. The van der Waals surface area contributed by atoms with E-state index in [-0.39, 0.29) is 5.91 Å². The van der Waals surface area contributed by atoms with Gasteiger partial charge in [-0.3, -0.25) is 4.79 Å². The molecule has 3 rings (SSSR count). The van der Waals surface area contributed by atoms with Gasteiger partial charge in [-0.1, -0.05) is 35.3 Å². The minimum absolute atomic E-state index is 0.0392. The van der Waals surface area contributed by atoms with Gasteiger partial charge in [-0.25, -0.2) is 0 Å². The van der Waals surface area contributed by atoms with Crippen molar-refractivity contribution < 1.29 is 4.79 Å². The predicted octanol–water partition coefficient (Wildman–Crippen LogP) is 5.06. The summed E-state index contributed by atoms with van der Waals surface area (Å²) in [5.74, 6) is -0.0392. The van der Waals surface area contributed by atoms with E-state index < -0.39 is 5.38 Å². The van der Waals surface area contributed by atoms with Gasteiger partial charge in [0.1, 0.15) is 0 Å². The lowest BCUT2D eigenvalue weighted by Crippen LogP contribution is -2.22. The fourth-order valence-corrected chi connectivity index (χ4v) is 4.42. The van der Waals surface area contributed by atoms with Crippen LogP contribution in [0.4, 0.5) is 0 Å². The Kier molecular flexibility index (Phi) is 4.46. The van der Waals surface area contributed by atoms with Gasteiger partial charge >= 0.3 is 0 Å². The van der Waals surface area contributed by atoms with E-state index in [1.165, 1.54) is 11.3 Å². The molecule has 110 valence electrons. The van der Waals surface area contributed by atoms with Crippen LogP contribution in [0.25, 0.3) is 0 Å². The number of alkyl halides is 1.